The molecule has 7 nitrogen and oxygen atoms in total. The number of anilines is 1. The van der Waals surface area contributed by atoms with Crippen LogP contribution in [0.4, 0.5) is 5.00 Å². The molecule has 2 aliphatic rings. The van der Waals surface area contributed by atoms with Gasteiger partial charge in [-0.25, -0.2) is 4.79 Å². The first-order valence-corrected chi connectivity index (χ1v) is 12.4. The second-order valence-electron chi connectivity index (χ2n) is 7.98. The fraction of sp³-hybridized carbons (Fsp3) is 0.619. The Morgan fingerprint density at radius 1 is 1.17 bits per heavy atom. The monoisotopic (exact) mass is 448 g/mol. The highest BCUT2D eigenvalue weighted by atomic mass is 32.2. The van der Waals surface area contributed by atoms with E-state index in [0.717, 1.165) is 55.1 Å². The normalized spacial score (nSPS) is 16.9. The largest absolute Gasteiger partial charge is 0.465 e. The number of thioether (sulfide) groups is 1. The van der Waals surface area contributed by atoms with E-state index in [4.69, 9.17) is 4.74 Å². The highest BCUT2D eigenvalue weighted by Crippen LogP contribution is 2.38. The van der Waals surface area contributed by atoms with E-state index < -0.39 is 0 Å². The van der Waals surface area contributed by atoms with Crippen LogP contribution in [0.3, 0.4) is 0 Å². The third kappa shape index (κ3) is 4.42. The Labute approximate surface area is 185 Å². The summed E-state index contributed by atoms with van der Waals surface area (Å²) in [6, 6.07) is 0. The van der Waals surface area contributed by atoms with Crippen molar-refractivity contribution in [3.05, 3.63) is 21.8 Å². The molecule has 0 bridgehead atoms. The fourth-order valence-electron chi connectivity index (χ4n) is 4.43. The minimum absolute atomic E-state index is 0.146. The molecule has 1 fully saturated rings. The summed E-state index contributed by atoms with van der Waals surface area (Å²) in [6.45, 7) is 0. The third-order valence-electron chi connectivity index (χ3n) is 5.99. The van der Waals surface area contributed by atoms with Crippen LogP contribution in [0.2, 0.25) is 0 Å². The zero-order valence-corrected chi connectivity index (χ0v) is 19.2. The maximum atomic E-state index is 12.7. The number of rotatable bonds is 6. The van der Waals surface area contributed by atoms with E-state index >= 15 is 0 Å². The van der Waals surface area contributed by atoms with Gasteiger partial charge in [0.2, 0.25) is 5.91 Å². The molecule has 0 unspecified atom stereocenters. The molecule has 1 saturated carbocycles. The zero-order chi connectivity index (χ0) is 21.1. The van der Waals surface area contributed by atoms with E-state index in [-0.39, 0.29) is 17.6 Å². The molecule has 2 heterocycles. The van der Waals surface area contributed by atoms with Crippen LogP contribution in [0.15, 0.2) is 5.16 Å². The fourth-order valence-corrected chi connectivity index (χ4v) is 6.44. The van der Waals surface area contributed by atoms with E-state index in [2.05, 4.69) is 15.5 Å². The van der Waals surface area contributed by atoms with Crippen molar-refractivity contribution in [1.82, 2.24) is 14.8 Å². The van der Waals surface area contributed by atoms with E-state index in [1.165, 1.54) is 54.3 Å². The predicted octanol–water partition coefficient (Wildman–Crippen LogP) is 4.32. The van der Waals surface area contributed by atoms with E-state index in [0.29, 0.717) is 16.5 Å². The molecule has 0 spiro atoms. The van der Waals surface area contributed by atoms with Gasteiger partial charge in [-0.05, 0) is 44.1 Å². The Hall–Kier alpha value is -1.87. The molecular formula is C21H28N4O3S2. The molecular weight excluding hydrogens is 420 g/mol. The van der Waals surface area contributed by atoms with Crippen LogP contribution in [0.1, 0.15) is 77.5 Å². The van der Waals surface area contributed by atoms with Crippen molar-refractivity contribution >= 4 is 40.0 Å². The van der Waals surface area contributed by atoms with Crippen molar-refractivity contribution in [2.24, 2.45) is 7.05 Å². The van der Waals surface area contributed by atoms with E-state index in [1.54, 1.807) is 0 Å². The second kappa shape index (κ2) is 9.51. The number of amides is 1. The Morgan fingerprint density at radius 3 is 2.70 bits per heavy atom. The molecule has 0 aliphatic heterocycles. The molecule has 0 atom stereocenters. The summed E-state index contributed by atoms with van der Waals surface area (Å²) in [5.74, 6) is 1.21. The van der Waals surface area contributed by atoms with E-state index in [9.17, 15) is 9.59 Å². The number of esters is 1. The molecule has 4 rings (SSSR count). The summed E-state index contributed by atoms with van der Waals surface area (Å²) in [4.78, 5) is 26.3. The van der Waals surface area contributed by atoms with Crippen molar-refractivity contribution in [2.45, 2.75) is 68.9 Å². The predicted molar refractivity (Wildman–Crippen MR) is 118 cm³/mol. The molecule has 162 valence electrons. The van der Waals surface area contributed by atoms with Crippen LogP contribution < -0.4 is 5.32 Å². The van der Waals surface area contributed by atoms with Crippen molar-refractivity contribution in [3.8, 4) is 0 Å². The quantitative estimate of drug-likeness (QED) is 0.402. The molecule has 2 aromatic heterocycles. The van der Waals surface area contributed by atoms with Gasteiger partial charge < -0.3 is 14.6 Å². The van der Waals surface area contributed by atoms with Gasteiger partial charge in [-0.2, -0.15) is 0 Å². The van der Waals surface area contributed by atoms with Crippen LogP contribution in [0.5, 0.6) is 0 Å². The van der Waals surface area contributed by atoms with Gasteiger partial charge in [-0.15, -0.1) is 21.5 Å². The van der Waals surface area contributed by atoms with Crippen molar-refractivity contribution in [1.29, 1.82) is 0 Å². The molecule has 2 aromatic rings. The Morgan fingerprint density at radius 2 is 1.93 bits per heavy atom. The Balaban J connectivity index is 1.44. The van der Waals surface area contributed by atoms with Crippen molar-refractivity contribution in [2.75, 3.05) is 18.2 Å². The van der Waals surface area contributed by atoms with Crippen LogP contribution in [0.25, 0.3) is 0 Å². The van der Waals surface area contributed by atoms with Crippen LogP contribution in [-0.4, -0.2) is 39.5 Å². The van der Waals surface area contributed by atoms with Crippen molar-refractivity contribution < 1.29 is 14.3 Å². The number of carbonyl (C=O) groups excluding carboxylic acids is 2. The minimum Gasteiger partial charge on any atom is -0.465 e. The average Bonchev–Trinajstić information content (AvgIpc) is 3.42. The summed E-state index contributed by atoms with van der Waals surface area (Å²) >= 11 is 2.90. The molecule has 1 N–H and O–H groups in total. The molecule has 0 radical (unpaired) electrons. The van der Waals surface area contributed by atoms with Gasteiger partial charge in [0.1, 0.15) is 10.8 Å². The lowest BCUT2D eigenvalue weighted by Crippen LogP contribution is -2.16. The number of aromatic nitrogens is 3. The smallest absolute Gasteiger partial charge is 0.341 e. The molecule has 2 aliphatic carbocycles. The second-order valence-corrected chi connectivity index (χ2v) is 10.0. The van der Waals surface area contributed by atoms with Gasteiger partial charge in [0.15, 0.2) is 5.16 Å². The number of carbonyl (C=O) groups is 2. The molecule has 9 heteroatoms. The standard InChI is InChI=1S/C21H28N4O3S2/c1-25-18(13-8-6-7-9-13)23-24-21(25)29-12-16(26)22-19-17(20(27)28-2)14-10-4-3-5-11-15(14)30-19/h13H,3-12H2,1-2H3,(H,22,26). The lowest BCUT2D eigenvalue weighted by Gasteiger charge is -2.09. The van der Waals surface area contributed by atoms with Gasteiger partial charge >= 0.3 is 5.97 Å². The first kappa shape index (κ1) is 21.4. The van der Waals surface area contributed by atoms with Gasteiger partial charge in [-0.1, -0.05) is 31.0 Å². The first-order valence-electron chi connectivity index (χ1n) is 10.6. The Bertz CT molecular complexity index is 931. The number of fused-ring (bicyclic) bond motifs is 1. The maximum Gasteiger partial charge on any atom is 0.341 e. The summed E-state index contributed by atoms with van der Waals surface area (Å²) in [6.07, 6.45) is 9.99. The van der Waals surface area contributed by atoms with Crippen LogP contribution in [0, 0.1) is 0 Å². The number of thiophene rings is 1. The lowest BCUT2D eigenvalue weighted by atomic mass is 10.1. The van der Waals surface area contributed by atoms with Crippen LogP contribution >= 0.6 is 23.1 Å². The number of aryl methyl sites for hydroxylation is 1. The molecule has 0 aromatic carbocycles. The number of hydrogen-bond donors (Lipinski definition) is 1. The topological polar surface area (TPSA) is 86.1 Å². The molecule has 0 saturated heterocycles. The van der Waals surface area contributed by atoms with Crippen molar-refractivity contribution in [3.63, 3.8) is 0 Å². The number of nitrogens with one attached hydrogen (secondary N) is 1. The number of nitrogens with zero attached hydrogens (tertiary/aromatic N) is 3. The summed E-state index contributed by atoms with van der Waals surface area (Å²) in [5, 5.41) is 13.0. The summed E-state index contributed by atoms with van der Waals surface area (Å²) in [7, 11) is 3.36. The van der Waals surface area contributed by atoms with E-state index in [1.807, 2.05) is 11.6 Å². The number of methoxy groups -OCH3 is 1. The van der Waals surface area contributed by atoms with Gasteiger partial charge in [0, 0.05) is 17.8 Å². The third-order valence-corrected chi connectivity index (χ3v) is 8.21. The average molecular weight is 449 g/mol. The number of ether oxygens (including phenoxy) is 1. The van der Waals surface area contributed by atoms with Crippen LogP contribution in [-0.2, 0) is 29.4 Å². The lowest BCUT2D eigenvalue weighted by molar-refractivity contribution is -0.113. The zero-order valence-electron chi connectivity index (χ0n) is 17.5. The maximum absolute atomic E-state index is 12.7. The SMILES string of the molecule is COC(=O)c1c(NC(=O)CSc2nnc(C3CCCC3)n2C)sc2c1CCCCC2. The molecule has 30 heavy (non-hydrogen) atoms. The molecule has 1 amide bonds. The highest BCUT2D eigenvalue weighted by Gasteiger charge is 2.27. The van der Waals surface area contributed by atoms with Gasteiger partial charge in [0.05, 0.1) is 18.4 Å². The number of hydrogen-bond acceptors (Lipinski definition) is 7. The summed E-state index contributed by atoms with van der Waals surface area (Å²) < 4.78 is 7.02. The minimum atomic E-state index is -0.369. The Kier molecular flexibility index (Phi) is 6.77. The summed E-state index contributed by atoms with van der Waals surface area (Å²) in [5.41, 5.74) is 1.60. The highest BCUT2D eigenvalue weighted by molar-refractivity contribution is 7.99. The van der Waals surface area contributed by atoms with Gasteiger partial charge in [0.25, 0.3) is 0 Å². The van der Waals surface area contributed by atoms with Gasteiger partial charge in [-0.3, -0.25) is 4.79 Å². The first-order chi connectivity index (χ1) is 14.6.